The minimum atomic E-state index is 0.367. The van der Waals surface area contributed by atoms with Crippen LogP contribution in [0.2, 0.25) is 0 Å². The number of benzene rings is 1. The van der Waals surface area contributed by atoms with Crippen LogP contribution in [-0.2, 0) is 0 Å². The average molecular weight is 213 g/mol. The van der Waals surface area contributed by atoms with Crippen molar-refractivity contribution in [3.05, 3.63) is 59.2 Å². The Kier molecular flexibility index (Phi) is 3.58. The molecule has 0 unspecified atom stereocenters. The molecule has 1 aromatic rings. The van der Waals surface area contributed by atoms with Crippen LogP contribution in [0.1, 0.15) is 31.9 Å². The van der Waals surface area contributed by atoms with Crippen molar-refractivity contribution < 1.29 is 0 Å². The van der Waals surface area contributed by atoms with Gasteiger partial charge in [-0.25, -0.2) is 0 Å². The van der Waals surface area contributed by atoms with Crippen LogP contribution in [-0.4, -0.2) is 6.54 Å². The fraction of sp³-hybridized carbons (Fsp3) is 0.333. The lowest BCUT2D eigenvalue weighted by Crippen LogP contribution is -2.30. The molecular formula is C15H19N. The van der Waals surface area contributed by atoms with E-state index in [4.69, 9.17) is 0 Å². The smallest absolute Gasteiger partial charge is 0.0576 e. The molecular weight excluding hydrogens is 194 g/mol. The van der Waals surface area contributed by atoms with Crippen molar-refractivity contribution in [1.29, 1.82) is 0 Å². The molecule has 1 aliphatic heterocycles. The topological polar surface area (TPSA) is 12.0 Å². The van der Waals surface area contributed by atoms with Gasteiger partial charge in [0.15, 0.2) is 0 Å². The summed E-state index contributed by atoms with van der Waals surface area (Å²) >= 11 is 0. The summed E-state index contributed by atoms with van der Waals surface area (Å²) in [5.74, 6) is 0. The van der Waals surface area contributed by atoms with Crippen LogP contribution >= 0.6 is 0 Å². The average Bonchev–Trinajstić information content (AvgIpc) is 2.38. The molecule has 0 saturated carbocycles. The summed E-state index contributed by atoms with van der Waals surface area (Å²) in [6, 6.07) is 11.0. The normalized spacial score (nSPS) is 26.2. The zero-order valence-electron chi connectivity index (χ0n) is 10.0. The molecule has 1 N–H and O–H groups in total. The monoisotopic (exact) mass is 213 g/mol. The van der Waals surface area contributed by atoms with Gasteiger partial charge in [-0.05, 0) is 37.0 Å². The maximum absolute atomic E-state index is 3.59. The molecule has 1 saturated heterocycles. The lowest BCUT2D eigenvalue weighted by molar-refractivity contribution is 0.558. The summed E-state index contributed by atoms with van der Waals surface area (Å²) in [7, 11) is 0. The summed E-state index contributed by atoms with van der Waals surface area (Å²) in [5, 5.41) is 3.59. The van der Waals surface area contributed by atoms with Gasteiger partial charge in [-0.1, -0.05) is 42.5 Å². The Labute approximate surface area is 97.9 Å². The molecule has 0 bridgehead atoms. The third-order valence-electron chi connectivity index (χ3n) is 3.22. The quantitative estimate of drug-likeness (QED) is 0.751. The first-order valence-corrected chi connectivity index (χ1v) is 5.97. The molecule has 0 spiro atoms. The van der Waals surface area contributed by atoms with Crippen LogP contribution in [0.5, 0.6) is 0 Å². The van der Waals surface area contributed by atoms with Crippen molar-refractivity contribution in [2.45, 2.75) is 26.3 Å². The van der Waals surface area contributed by atoms with Gasteiger partial charge in [0, 0.05) is 6.54 Å². The lowest BCUT2D eigenvalue weighted by atomic mass is 9.87. The molecule has 1 aliphatic rings. The summed E-state index contributed by atoms with van der Waals surface area (Å²) in [5.41, 5.74) is 4.27. The Balaban J connectivity index is 2.34. The van der Waals surface area contributed by atoms with Crippen LogP contribution in [0.15, 0.2) is 53.6 Å². The largest absolute Gasteiger partial charge is 0.306 e. The first-order valence-electron chi connectivity index (χ1n) is 5.97. The first kappa shape index (κ1) is 11.2. The van der Waals surface area contributed by atoms with Crippen molar-refractivity contribution in [3.8, 4) is 0 Å². The summed E-state index contributed by atoms with van der Waals surface area (Å²) < 4.78 is 0. The van der Waals surface area contributed by atoms with Crippen molar-refractivity contribution in [2.24, 2.45) is 0 Å². The van der Waals surface area contributed by atoms with E-state index in [1.807, 2.05) is 0 Å². The molecule has 0 radical (unpaired) electrons. The van der Waals surface area contributed by atoms with Crippen molar-refractivity contribution >= 4 is 0 Å². The highest BCUT2D eigenvalue weighted by molar-refractivity contribution is 5.42. The van der Waals surface area contributed by atoms with E-state index in [2.05, 4.69) is 61.6 Å². The molecule has 1 aromatic carbocycles. The molecule has 84 valence electrons. The van der Waals surface area contributed by atoms with Gasteiger partial charge in [0.25, 0.3) is 0 Å². The highest BCUT2D eigenvalue weighted by Crippen LogP contribution is 2.32. The van der Waals surface area contributed by atoms with E-state index in [0.29, 0.717) is 6.04 Å². The minimum absolute atomic E-state index is 0.367. The third-order valence-corrected chi connectivity index (χ3v) is 3.22. The van der Waals surface area contributed by atoms with E-state index in [0.717, 1.165) is 13.0 Å². The Morgan fingerprint density at radius 1 is 1.12 bits per heavy atom. The molecule has 1 fully saturated rings. The van der Waals surface area contributed by atoms with Crippen molar-refractivity contribution in [3.63, 3.8) is 0 Å². The van der Waals surface area contributed by atoms with E-state index in [-0.39, 0.29) is 0 Å². The van der Waals surface area contributed by atoms with Crippen LogP contribution in [0, 0.1) is 0 Å². The van der Waals surface area contributed by atoms with E-state index in [9.17, 15) is 0 Å². The third kappa shape index (κ3) is 2.10. The Morgan fingerprint density at radius 3 is 2.50 bits per heavy atom. The Bertz CT molecular complexity index is 401. The zero-order valence-corrected chi connectivity index (χ0v) is 10.0. The highest BCUT2D eigenvalue weighted by Gasteiger charge is 2.22. The standard InChI is InChI=1S/C15H19N/c1-3-12-10-11-16-15(14(12)4-2)13-8-6-5-7-9-13/h3-9,15-16H,10-11H2,1-2H3/b12-3-,14-4+/t15-/m0/s1. The second kappa shape index (κ2) is 5.13. The molecule has 0 amide bonds. The van der Waals surface area contributed by atoms with Gasteiger partial charge in [-0.2, -0.15) is 0 Å². The highest BCUT2D eigenvalue weighted by atomic mass is 14.9. The predicted octanol–water partition coefficient (Wildman–Crippen LogP) is 3.61. The maximum Gasteiger partial charge on any atom is 0.0576 e. The zero-order chi connectivity index (χ0) is 11.4. The van der Waals surface area contributed by atoms with E-state index < -0.39 is 0 Å². The summed E-state index contributed by atoms with van der Waals surface area (Å²) in [4.78, 5) is 0. The Morgan fingerprint density at radius 2 is 1.88 bits per heavy atom. The second-order valence-corrected chi connectivity index (χ2v) is 4.11. The molecule has 2 rings (SSSR count). The number of hydrogen-bond acceptors (Lipinski definition) is 1. The predicted molar refractivity (Wildman–Crippen MR) is 69.3 cm³/mol. The second-order valence-electron chi connectivity index (χ2n) is 4.11. The van der Waals surface area contributed by atoms with Crippen molar-refractivity contribution in [1.82, 2.24) is 5.32 Å². The first-order chi connectivity index (χ1) is 7.86. The van der Waals surface area contributed by atoms with Gasteiger partial charge in [-0.15, -0.1) is 0 Å². The van der Waals surface area contributed by atoms with Gasteiger partial charge in [0.2, 0.25) is 0 Å². The number of rotatable bonds is 1. The summed E-state index contributed by atoms with van der Waals surface area (Å²) in [6.07, 6.45) is 5.62. The van der Waals surface area contributed by atoms with E-state index in [1.54, 1.807) is 0 Å². The van der Waals surface area contributed by atoms with Crippen LogP contribution in [0.25, 0.3) is 0 Å². The summed E-state index contributed by atoms with van der Waals surface area (Å²) in [6.45, 7) is 5.32. The van der Waals surface area contributed by atoms with Crippen LogP contribution in [0.3, 0.4) is 0 Å². The molecule has 1 heteroatoms. The number of hydrogen-bond donors (Lipinski definition) is 1. The van der Waals surface area contributed by atoms with E-state index in [1.165, 1.54) is 16.7 Å². The van der Waals surface area contributed by atoms with Crippen LogP contribution < -0.4 is 5.32 Å². The van der Waals surface area contributed by atoms with E-state index >= 15 is 0 Å². The number of nitrogens with one attached hydrogen (secondary N) is 1. The molecule has 0 aromatic heterocycles. The number of piperidine rings is 1. The number of allylic oxidation sites excluding steroid dienone is 2. The molecule has 1 heterocycles. The molecule has 1 atom stereocenters. The SMILES string of the molecule is C/C=C1/CCN[C@@H](c2ccccc2)/C1=C/C. The fourth-order valence-corrected chi connectivity index (χ4v) is 2.40. The van der Waals surface area contributed by atoms with Crippen molar-refractivity contribution in [2.75, 3.05) is 6.54 Å². The van der Waals surface area contributed by atoms with Gasteiger partial charge < -0.3 is 5.32 Å². The lowest BCUT2D eigenvalue weighted by Gasteiger charge is -2.29. The minimum Gasteiger partial charge on any atom is -0.306 e. The molecule has 16 heavy (non-hydrogen) atoms. The van der Waals surface area contributed by atoms with Gasteiger partial charge >= 0.3 is 0 Å². The van der Waals surface area contributed by atoms with Crippen LogP contribution in [0.4, 0.5) is 0 Å². The van der Waals surface area contributed by atoms with Gasteiger partial charge in [-0.3, -0.25) is 0 Å². The fourth-order valence-electron chi connectivity index (χ4n) is 2.40. The van der Waals surface area contributed by atoms with Gasteiger partial charge in [0.1, 0.15) is 0 Å². The maximum atomic E-state index is 3.59. The Hall–Kier alpha value is -1.34. The molecule has 1 nitrogen and oxygen atoms in total. The molecule has 0 aliphatic carbocycles. The van der Waals surface area contributed by atoms with Gasteiger partial charge in [0.05, 0.1) is 6.04 Å².